The first kappa shape index (κ1) is 12.7. The summed E-state index contributed by atoms with van der Waals surface area (Å²) >= 11 is 7.07. The fourth-order valence-electron chi connectivity index (χ4n) is 2.13. The minimum Gasteiger partial charge on any atom is -0.369 e. The Morgan fingerprint density at radius 1 is 1.16 bits per heavy atom. The second kappa shape index (κ2) is 4.65. The summed E-state index contributed by atoms with van der Waals surface area (Å²) in [5.74, 6) is 0.486. The highest BCUT2D eigenvalue weighted by molar-refractivity contribution is 9.10. The molecule has 0 saturated carbocycles. The van der Waals surface area contributed by atoms with E-state index < -0.39 is 0 Å². The summed E-state index contributed by atoms with van der Waals surface area (Å²) in [6.07, 6.45) is 0. The Hall–Kier alpha value is -1.33. The van der Waals surface area contributed by atoms with Gasteiger partial charge in [0, 0.05) is 8.95 Å². The average Bonchev–Trinajstić information content (AvgIpc) is 2.68. The number of imidazole rings is 1. The Bertz CT molecular complexity index is 778. The number of rotatable bonds is 1. The SMILES string of the molecule is Cc1cccc(-n2c(N)nc3cc(Br)ccc32)c1Br. The van der Waals surface area contributed by atoms with Gasteiger partial charge < -0.3 is 5.73 Å². The number of halogens is 2. The van der Waals surface area contributed by atoms with Crippen LogP contribution in [0.1, 0.15) is 5.56 Å². The topological polar surface area (TPSA) is 43.8 Å². The number of fused-ring (bicyclic) bond motifs is 1. The largest absolute Gasteiger partial charge is 0.369 e. The third kappa shape index (κ3) is 2.07. The van der Waals surface area contributed by atoms with Crippen LogP contribution in [0.5, 0.6) is 0 Å². The fourth-order valence-corrected chi connectivity index (χ4v) is 2.92. The number of aromatic nitrogens is 2. The van der Waals surface area contributed by atoms with Gasteiger partial charge in [-0.1, -0.05) is 28.1 Å². The van der Waals surface area contributed by atoms with Crippen LogP contribution in [0.3, 0.4) is 0 Å². The van der Waals surface area contributed by atoms with Crippen molar-refractivity contribution < 1.29 is 0 Å². The van der Waals surface area contributed by atoms with Crippen LogP contribution in [0.2, 0.25) is 0 Å². The summed E-state index contributed by atoms with van der Waals surface area (Å²) in [4.78, 5) is 4.41. The quantitative estimate of drug-likeness (QED) is 0.678. The molecule has 3 aromatic rings. The van der Waals surface area contributed by atoms with Crippen molar-refractivity contribution in [1.82, 2.24) is 9.55 Å². The normalized spacial score (nSPS) is 11.1. The van der Waals surface area contributed by atoms with Gasteiger partial charge in [-0.3, -0.25) is 4.57 Å². The van der Waals surface area contributed by atoms with E-state index in [9.17, 15) is 0 Å². The first-order valence-corrected chi connectivity index (χ1v) is 7.35. The molecule has 1 aromatic heterocycles. The number of nitrogens with zero attached hydrogens (tertiary/aromatic N) is 2. The van der Waals surface area contributed by atoms with Crippen LogP contribution in [-0.2, 0) is 0 Å². The Kier molecular flexibility index (Phi) is 3.11. The predicted octanol–water partition coefficient (Wildman–Crippen LogP) is 4.44. The van der Waals surface area contributed by atoms with E-state index in [4.69, 9.17) is 5.73 Å². The lowest BCUT2D eigenvalue weighted by atomic mass is 10.2. The Morgan fingerprint density at radius 3 is 2.74 bits per heavy atom. The van der Waals surface area contributed by atoms with Gasteiger partial charge in [-0.05, 0) is 52.7 Å². The molecule has 2 aromatic carbocycles. The van der Waals surface area contributed by atoms with Crippen molar-refractivity contribution >= 4 is 48.8 Å². The number of nitrogen functional groups attached to an aromatic ring is 1. The van der Waals surface area contributed by atoms with E-state index in [0.29, 0.717) is 5.95 Å². The van der Waals surface area contributed by atoms with Gasteiger partial charge in [-0.15, -0.1) is 0 Å². The van der Waals surface area contributed by atoms with Crippen molar-refractivity contribution in [2.24, 2.45) is 0 Å². The smallest absolute Gasteiger partial charge is 0.205 e. The van der Waals surface area contributed by atoms with Gasteiger partial charge in [-0.2, -0.15) is 0 Å². The first-order chi connectivity index (χ1) is 9.08. The van der Waals surface area contributed by atoms with Gasteiger partial charge >= 0.3 is 0 Å². The van der Waals surface area contributed by atoms with Crippen molar-refractivity contribution in [2.45, 2.75) is 6.92 Å². The Balaban J connectivity index is 2.36. The summed E-state index contributed by atoms with van der Waals surface area (Å²) < 4.78 is 3.98. The molecule has 3 rings (SSSR count). The molecule has 0 fully saturated rings. The Labute approximate surface area is 127 Å². The number of benzene rings is 2. The van der Waals surface area contributed by atoms with Crippen LogP contribution in [0, 0.1) is 6.92 Å². The standard InChI is InChI=1S/C14H11Br2N3/c1-8-3-2-4-12(13(8)16)19-11-6-5-9(15)7-10(11)18-14(19)17/h2-7H,1H3,(H2,17,18). The number of nitrogens with two attached hydrogens (primary N) is 1. The lowest BCUT2D eigenvalue weighted by Crippen LogP contribution is -2.02. The van der Waals surface area contributed by atoms with Crippen molar-refractivity contribution in [3.63, 3.8) is 0 Å². The van der Waals surface area contributed by atoms with Crippen molar-refractivity contribution in [1.29, 1.82) is 0 Å². The van der Waals surface area contributed by atoms with Gasteiger partial charge in [-0.25, -0.2) is 4.98 Å². The average molecular weight is 381 g/mol. The van der Waals surface area contributed by atoms with E-state index in [1.165, 1.54) is 0 Å². The molecule has 2 N–H and O–H groups in total. The number of hydrogen-bond acceptors (Lipinski definition) is 2. The highest BCUT2D eigenvalue weighted by atomic mass is 79.9. The maximum Gasteiger partial charge on any atom is 0.205 e. The third-order valence-corrected chi connectivity index (χ3v) is 4.58. The van der Waals surface area contributed by atoms with E-state index in [1.807, 2.05) is 34.9 Å². The maximum atomic E-state index is 6.07. The lowest BCUT2D eigenvalue weighted by Gasteiger charge is -2.10. The molecule has 0 aliphatic heterocycles. The van der Waals surface area contributed by atoms with Crippen molar-refractivity contribution in [3.05, 3.63) is 50.9 Å². The van der Waals surface area contributed by atoms with E-state index in [-0.39, 0.29) is 0 Å². The predicted molar refractivity (Wildman–Crippen MR) is 85.6 cm³/mol. The molecule has 0 atom stereocenters. The number of anilines is 1. The molecule has 1 heterocycles. The van der Waals surface area contributed by atoms with E-state index >= 15 is 0 Å². The molecule has 19 heavy (non-hydrogen) atoms. The van der Waals surface area contributed by atoms with Crippen molar-refractivity contribution in [3.8, 4) is 5.69 Å². The second-order valence-corrected chi connectivity index (χ2v) is 6.06. The van der Waals surface area contributed by atoms with Gasteiger partial charge in [0.1, 0.15) is 0 Å². The van der Waals surface area contributed by atoms with Crippen LogP contribution in [0.15, 0.2) is 45.3 Å². The molecule has 0 radical (unpaired) electrons. The molecule has 0 saturated heterocycles. The van der Waals surface area contributed by atoms with Crippen LogP contribution in [0.25, 0.3) is 16.7 Å². The molecule has 0 amide bonds. The Morgan fingerprint density at radius 2 is 1.95 bits per heavy atom. The second-order valence-electron chi connectivity index (χ2n) is 4.35. The minimum absolute atomic E-state index is 0.486. The molecule has 0 unspecified atom stereocenters. The van der Waals surface area contributed by atoms with E-state index in [2.05, 4.69) is 49.8 Å². The van der Waals surface area contributed by atoms with Crippen LogP contribution in [-0.4, -0.2) is 9.55 Å². The maximum absolute atomic E-state index is 6.07. The van der Waals surface area contributed by atoms with Gasteiger partial charge in [0.05, 0.1) is 16.7 Å². The highest BCUT2D eigenvalue weighted by Crippen LogP contribution is 2.31. The summed E-state index contributed by atoms with van der Waals surface area (Å²) in [6, 6.07) is 12.1. The first-order valence-electron chi connectivity index (χ1n) is 5.77. The van der Waals surface area contributed by atoms with Crippen LogP contribution >= 0.6 is 31.9 Å². The van der Waals surface area contributed by atoms with Crippen LogP contribution < -0.4 is 5.73 Å². The van der Waals surface area contributed by atoms with Gasteiger partial charge in [0.25, 0.3) is 0 Å². The summed E-state index contributed by atoms with van der Waals surface area (Å²) in [5.41, 5.74) is 10.1. The zero-order valence-corrected chi connectivity index (χ0v) is 13.4. The summed E-state index contributed by atoms with van der Waals surface area (Å²) in [7, 11) is 0. The number of aryl methyl sites for hydroxylation is 1. The third-order valence-electron chi connectivity index (χ3n) is 3.05. The molecular weight excluding hydrogens is 370 g/mol. The fraction of sp³-hybridized carbons (Fsp3) is 0.0714. The zero-order chi connectivity index (χ0) is 13.6. The zero-order valence-electron chi connectivity index (χ0n) is 10.2. The minimum atomic E-state index is 0.486. The van der Waals surface area contributed by atoms with Crippen molar-refractivity contribution in [2.75, 3.05) is 5.73 Å². The summed E-state index contributed by atoms with van der Waals surface area (Å²) in [6.45, 7) is 2.06. The molecular formula is C14H11Br2N3. The molecule has 0 spiro atoms. The molecule has 0 bridgehead atoms. The lowest BCUT2D eigenvalue weighted by molar-refractivity contribution is 1.09. The molecule has 5 heteroatoms. The monoisotopic (exact) mass is 379 g/mol. The molecule has 96 valence electrons. The summed E-state index contributed by atoms with van der Waals surface area (Å²) in [5, 5.41) is 0. The number of hydrogen-bond donors (Lipinski definition) is 1. The molecule has 0 aliphatic rings. The van der Waals surface area contributed by atoms with Gasteiger partial charge in [0.15, 0.2) is 0 Å². The van der Waals surface area contributed by atoms with Gasteiger partial charge in [0.2, 0.25) is 5.95 Å². The van der Waals surface area contributed by atoms with Crippen LogP contribution in [0.4, 0.5) is 5.95 Å². The molecule has 0 aliphatic carbocycles. The van der Waals surface area contributed by atoms with E-state index in [0.717, 1.165) is 31.2 Å². The van der Waals surface area contributed by atoms with E-state index in [1.54, 1.807) is 0 Å². The molecule has 3 nitrogen and oxygen atoms in total. The highest BCUT2D eigenvalue weighted by Gasteiger charge is 2.13.